The fourth-order valence-corrected chi connectivity index (χ4v) is 3.81. The summed E-state index contributed by atoms with van der Waals surface area (Å²) >= 11 is 0. The van der Waals surface area contributed by atoms with Gasteiger partial charge in [-0.05, 0) is 42.3 Å². The molecule has 0 saturated heterocycles. The molecule has 0 atom stereocenters. The summed E-state index contributed by atoms with van der Waals surface area (Å²) in [5.41, 5.74) is 3.68. The SMILES string of the molecule is Cc1ccc(CNc2nc(NCCOCCOCCNC(=O)c3ccccc3)nc(NCc3cccc(F)c3)n2)cc1. The van der Waals surface area contributed by atoms with Crippen molar-refractivity contribution in [1.29, 1.82) is 0 Å². The maximum atomic E-state index is 13.6. The summed E-state index contributed by atoms with van der Waals surface area (Å²) in [6, 6.07) is 23.6. The number of aryl methyl sites for hydroxylation is 1. The lowest BCUT2D eigenvalue weighted by Gasteiger charge is -2.12. The predicted octanol–water partition coefficient (Wildman–Crippen LogP) is 4.42. The molecule has 3 aromatic carbocycles. The van der Waals surface area contributed by atoms with Crippen molar-refractivity contribution in [3.8, 4) is 0 Å². The molecule has 0 spiro atoms. The van der Waals surface area contributed by atoms with Gasteiger partial charge in [0.25, 0.3) is 5.91 Å². The van der Waals surface area contributed by atoms with Gasteiger partial charge in [-0.25, -0.2) is 4.39 Å². The summed E-state index contributed by atoms with van der Waals surface area (Å²) in [5, 5.41) is 12.4. The van der Waals surface area contributed by atoms with E-state index in [1.807, 2.05) is 43.3 Å². The summed E-state index contributed by atoms with van der Waals surface area (Å²) in [6.45, 7) is 5.48. The first-order chi connectivity index (χ1) is 20.5. The Hall–Kier alpha value is -4.61. The number of nitrogens with one attached hydrogen (secondary N) is 4. The van der Waals surface area contributed by atoms with Crippen molar-refractivity contribution in [3.63, 3.8) is 0 Å². The number of nitrogens with zero attached hydrogens (tertiary/aromatic N) is 3. The van der Waals surface area contributed by atoms with Gasteiger partial charge in [-0.2, -0.15) is 15.0 Å². The van der Waals surface area contributed by atoms with Crippen molar-refractivity contribution in [2.24, 2.45) is 0 Å². The van der Waals surface area contributed by atoms with Crippen LogP contribution >= 0.6 is 0 Å². The van der Waals surface area contributed by atoms with Gasteiger partial charge in [0.05, 0.1) is 26.4 Å². The number of ether oxygens (including phenoxy) is 2. The van der Waals surface area contributed by atoms with E-state index in [0.717, 1.165) is 11.1 Å². The standard InChI is InChI=1S/C31H36FN7O3/c1-23-10-12-24(13-11-23)21-35-30-37-29(38-31(39-30)36-22-25-6-5-9-27(32)20-25)34-15-17-42-19-18-41-16-14-33-28(40)26-7-3-2-4-8-26/h2-13,20H,14-19,21-22H2,1H3,(H,33,40)(H3,34,35,36,37,38,39). The highest BCUT2D eigenvalue weighted by Gasteiger charge is 2.08. The second-order valence-electron chi connectivity index (χ2n) is 9.40. The fourth-order valence-electron chi connectivity index (χ4n) is 3.81. The van der Waals surface area contributed by atoms with Crippen molar-refractivity contribution in [2.75, 3.05) is 55.5 Å². The highest BCUT2D eigenvalue weighted by Crippen LogP contribution is 2.13. The van der Waals surface area contributed by atoms with Crippen LogP contribution < -0.4 is 21.3 Å². The third-order valence-electron chi connectivity index (χ3n) is 6.02. The van der Waals surface area contributed by atoms with Crippen molar-refractivity contribution in [1.82, 2.24) is 20.3 Å². The Kier molecular flexibility index (Phi) is 12.0. The van der Waals surface area contributed by atoms with E-state index in [1.165, 1.54) is 17.7 Å². The molecular formula is C31H36FN7O3. The maximum Gasteiger partial charge on any atom is 0.251 e. The maximum absolute atomic E-state index is 13.6. The average molecular weight is 574 g/mol. The molecule has 0 bridgehead atoms. The molecule has 4 aromatic rings. The summed E-state index contributed by atoms with van der Waals surface area (Å²) in [4.78, 5) is 25.4. The zero-order valence-electron chi connectivity index (χ0n) is 23.6. The Labute approximate surface area is 245 Å². The number of hydrogen-bond donors (Lipinski definition) is 4. The number of aromatic nitrogens is 3. The first kappa shape index (κ1) is 30.4. The fraction of sp³-hybridized carbons (Fsp3) is 0.290. The monoisotopic (exact) mass is 573 g/mol. The Morgan fingerprint density at radius 1 is 0.690 bits per heavy atom. The second kappa shape index (κ2) is 16.6. The van der Waals surface area contributed by atoms with Crippen molar-refractivity contribution < 1.29 is 18.7 Å². The van der Waals surface area contributed by atoms with E-state index >= 15 is 0 Å². The van der Waals surface area contributed by atoms with E-state index in [0.29, 0.717) is 76.0 Å². The number of carbonyl (C=O) groups excluding carboxylic acids is 1. The quantitative estimate of drug-likeness (QED) is 0.136. The minimum atomic E-state index is -0.298. The van der Waals surface area contributed by atoms with E-state index < -0.39 is 0 Å². The van der Waals surface area contributed by atoms with Gasteiger partial charge in [0.15, 0.2) is 0 Å². The molecule has 0 aliphatic heterocycles. The predicted molar refractivity (Wildman–Crippen MR) is 161 cm³/mol. The second-order valence-corrected chi connectivity index (χ2v) is 9.40. The smallest absolute Gasteiger partial charge is 0.251 e. The normalized spacial score (nSPS) is 10.7. The molecule has 1 aromatic heterocycles. The molecule has 220 valence electrons. The zero-order valence-corrected chi connectivity index (χ0v) is 23.6. The van der Waals surface area contributed by atoms with Crippen LogP contribution in [0.3, 0.4) is 0 Å². The van der Waals surface area contributed by atoms with Gasteiger partial charge in [-0.3, -0.25) is 4.79 Å². The summed E-state index contributed by atoms with van der Waals surface area (Å²) in [5.74, 6) is 0.723. The highest BCUT2D eigenvalue weighted by atomic mass is 19.1. The topological polar surface area (TPSA) is 122 Å². The molecule has 0 fully saturated rings. The summed E-state index contributed by atoms with van der Waals surface area (Å²) < 4.78 is 24.7. The number of carbonyl (C=O) groups is 1. The summed E-state index contributed by atoms with van der Waals surface area (Å²) in [7, 11) is 0. The molecule has 11 heteroatoms. The molecular weight excluding hydrogens is 537 g/mol. The number of halogens is 1. The number of amides is 1. The van der Waals surface area contributed by atoms with Crippen molar-refractivity contribution in [2.45, 2.75) is 20.0 Å². The van der Waals surface area contributed by atoms with E-state index in [2.05, 4.69) is 48.4 Å². The molecule has 10 nitrogen and oxygen atoms in total. The Balaban J connectivity index is 1.19. The van der Waals surface area contributed by atoms with Gasteiger partial charge in [-0.15, -0.1) is 0 Å². The minimum Gasteiger partial charge on any atom is -0.377 e. The van der Waals surface area contributed by atoms with Gasteiger partial charge in [-0.1, -0.05) is 60.2 Å². The van der Waals surface area contributed by atoms with Gasteiger partial charge in [0, 0.05) is 31.7 Å². The Morgan fingerprint density at radius 2 is 1.31 bits per heavy atom. The lowest BCUT2D eigenvalue weighted by Crippen LogP contribution is -2.27. The average Bonchev–Trinajstić information content (AvgIpc) is 3.01. The number of anilines is 3. The van der Waals surface area contributed by atoms with E-state index in [4.69, 9.17) is 9.47 Å². The van der Waals surface area contributed by atoms with Crippen LogP contribution in [0.1, 0.15) is 27.0 Å². The van der Waals surface area contributed by atoms with Crippen LogP contribution in [-0.2, 0) is 22.6 Å². The Morgan fingerprint density at radius 3 is 1.98 bits per heavy atom. The minimum absolute atomic E-state index is 0.124. The zero-order chi connectivity index (χ0) is 29.4. The van der Waals surface area contributed by atoms with Crippen LogP contribution in [0.4, 0.5) is 22.2 Å². The van der Waals surface area contributed by atoms with Gasteiger partial charge < -0.3 is 30.7 Å². The number of rotatable bonds is 17. The van der Waals surface area contributed by atoms with E-state index in [9.17, 15) is 9.18 Å². The van der Waals surface area contributed by atoms with Crippen LogP contribution in [0.2, 0.25) is 0 Å². The van der Waals surface area contributed by atoms with Gasteiger partial charge in [0.2, 0.25) is 17.8 Å². The third kappa shape index (κ3) is 10.8. The third-order valence-corrected chi connectivity index (χ3v) is 6.02. The van der Waals surface area contributed by atoms with Crippen LogP contribution in [0.25, 0.3) is 0 Å². The number of hydrogen-bond acceptors (Lipinski definition) is 9. The highest BCUT2D eigenvalue weighted by molar-refractivity contribution is 5.94. The van der Waals surface area contributed by atoms with E-state index in [-0.39, 0.29) is 11.7 Å². The van der Waals surface area contributed by atoms with Crippen LogP contribution in [0.15, 0.2) is 78.9 Å². The van der Waals surface area contributed by atoms with Gasteiger partial charge in [0.1, 0.15) is 5.82 Å². The van der Waals surface area contributed by atoms with Crippen LogP contribution in [-0.4, -0.2) is 60.4 Å². The van der Waals surface area contributed by atoms with Crippen molar-refractivity contribution >= 4 is 23.8 Å². The lowest BCUT2D eigenvalue weighted by atomic mass is 10.1. The lowest BCUT2D eigenvalue weighted by molar-refractivity contribution is 0.0519. The van der Waals surface area contributed by atoms with E-state index in [1.54, 1.807) is 18.2 Å². The first-order valence-electron chi connectivity index (χ1n) is 13.8. The molecule has 0 saturated carbocycles. The molecule has 1 amide bonds. The molecule has 0 aliphatic carbocycles. The first-order valence-corrected chi connectivity index (χ1v) is 13.8. The van der Waals surface area contributed by atoms with Crippen LogP contribution in [0.5, 0.6) is 0 Å². The molecule has 1 heterocycles. The summed E-state index contributed by atoms with van der Waals surface area (Å²) in [6.07, 6.45) is 0. The molecule has 42 heavy (non-hydrogen) atoms. The largest absolute Gasteiger partial charge is 0.377 e. The molecule has 0 aliphatic rings. The van der Waals surface area contributed by atoms with Gasteiger partial charge >= 0.3 is 0 Å². The molecule has 4 rings (SSSR count). The Bertz CT molecular complexity index is 1390. The van der Waals surface area contributed by atoms with Crippen molar-refractivity contribution in [3.05, 3.63) is 107 Å². The number of benzene rings is 3. The van der Waals surface area contributed by atoms with Crippen LogP contribution in [0, 0.1) is 12.7 Å². The molecule has 4 N–H and O–H groups in total. The molecule has 0 radical (unpaired) electrons. The molecule has 0 unspecified atom stereocenters.